The van der Waals surface area contributed by atoms with Crippen LogP contribution in [0.2, 0.25) is 0 Å². The summed E-state index contributed by atoms with van der Waals surface area (Å²) in [5, 5.41) is 0. The van der Waals surface area contributed by atoms with Gasteiger partial charge in [0, 0.05) is 18.2 Å². The largest absolute Gasteiger partial charge is 0.493 e. The van der Waals surface area contributed by atoms with Crippen LogP contribution in [-0.4, -0.2) is 62.9 Å². The number of benzene rings is 3. The number of carbonyl (C=O) groups is 3. The van der Waals surface area contributed by atoms with E-state index in [1.165, 1.54) is 7.11 Å². The Morgan fingerprint density at radius 2 is 1.47 bits per heavy atom. The topological polar surface area (TPSA) is 104 Å². The maximum atomic E-state index is 13.0. The van der Waals surface area contributed by atoms with Crippen LogP contribution in [0.25, 0.3) is 0 Å². The lowest BCUT2D eigenvalue weighted by molar-refractivity contribution is -0.147. The Bertz CT molecular complexity index is 1320. The highest BCUT2D eigenvalue weighted by molar-refractivity contribution is 6.22. The van der Waals surface area contributed by atoms with Gasteiger partial charge in [0.05, 0.1) is 44.8 Å². The monoisotopic (exact) mass is 516 g/mol. The second kappa shape index (κ2) is 11.6. The Morgan fingerprint density at radius 1 is 0.895 bits per heavy atom. The molecule has 3 aromatic rings. The summed E-state index contributed by atoms with van der Waals surface area (Å²) in [6.45, 7) is 1.81. The molecule has 4 rings (SSSR count). The van der Waals surface area contributed by atoms with Crippen molar-refractivity contribution in [2.24, 2.45) is 4.99 Å². The van der Waals surface area contributed by atoms with Crippen LogP contribution in [0.1, 0.15) is 38.8 Å². The maximum absolute atomic E-state index is 13.0. The van der Waals surface area contributed by atoms with E-state index in [9.17, 15) is 14.4 Å². The van der Waals surface area contributed by atoms with Gasteiger partial charge in [0.2, 0.25) is 5.75 Å². The summed E-state index contributed by atoms with van der Waals surface area (Å²) in [4.78, 5) is 44.4. The zero-order valence-electron chi connectivity index (χ0n) is 21.6. The van der Waals surface area contributed by atoms with Gasteiger partial charge >= 0.3 is 5.97 Å². The molecule has 38 heavy (non-hydrogen) atoms. The average molecular weight is 517 g/mol. The number of nitrogens with zero attached hydrogens (tertiary/aromatic N) is 2. The molecule has 0 bridgehead atoms. The molecule has 1 atom stereocenters. The number of hydrogen-bond acceptors (Lipinski definition) is 8. The van der Waals surface area contributed by atoms with Gasteiger partial charge in [-0.2, -0.15) is 0 Å². The van der Waals surface area contributed by atoms with Gasteiger partial charge in [-0.05, 0) is 48.9 Å². The molecule has 0 radical (unpaired) electrons. The van der Waals surface area contributed by atoms with Crippen LogP contribution < -0.4 is 14.2 Å². The molecule has 1 unspecified atom stereocenters. The highest BCUT2D eigenvalue weighted by Crippen LogP contribution is 2.38. The molecule has 2 amide bonds. The Kier molecular flexibility index (Phi) is 8.06. The normalized spacial score (nSPS) is 13.4. The summed E-state index contributed by atoms with van der Waals surface area (Å²) in [7, 11) is 4.63. The van der Waals surface area contributed by atoms with E-state index >= 15 is 0 Å². The van der Waals surface area contributed by atoms with E-state index in [2.05, 4.69) is 4.99 Å². The number of esters is 1. The second-order valence-electron chi connectivity index (χ2n) is 8.38. The smallest absolute Gasteiger partial charge is 0.329 e. The van der Waals surface area contributed by atoms with Gasteiger partial charge in [0.1, 0.15) is 6.04 Å². The third-order valence-corrected chi connectivity index (χ3v) is 6.11. The van der Waals surface area contributed by atoms with E-state index in [1.807, 2.05) is 0 Å². The van der Waals surface area contributed by atoms with E-state index in [4.69, 9.17) is 18.9 Å². The first-order valence-electron chi connectivity index (χ1n) is 12.0. The Morgan fingerprint density at radius 3 is 1.97 bits per heavy atom. The van der Waals surface area contributed by atoms with Crippen molar-refractivity contribution in [1.29, 1.82) is 0 Å². The summed E-state index contributed by atoms with van der Waals surface area (Å²) in [5.74, 6) is -0.119. The number of amides is 2. The van der Waals surface area contributed by atoms with E-state index in [-0.39, 0.29) is 24.2 Å². The predicted molar refractivity (Wildman–Crippen MR) is 141 cm³/mol. The Balaban J connectivity index is 1.54. The molecular formula is C29H28N2O7. The van der Waals surface area contributed by atoms with Crippen LogP contribution in [-0.2, 0) is 16.0 Å². The number of hydrogen-bond donors (Lipinski definition) is 0. The fourth-order valence-electron chi connectivity index (χ4n) is 4.28. The van der Waals surface area contributed by atoms with Crippen LogP contribution in [0, 0.1) is 0 Å². The van der Waals surface area contributed by atoms with Crippen molar-refractivity contribution < 1.29 is 33.3 Å². The van der Waals surface area contributed by atoms with E-state index < -0.39 is 23.8 Å². The van der Waals surface area contributed by atoms with Crippen LogP contribution in [0.5, 0.6) is 17.2 Å². The van der Waals surface area contributed by atoms with Crippen molar-refractivity contribution in [3.8, 4) is 17.2 Å². The van der Waals surface area contributed by atoms with Gasteiger partial charge < -0.3 is 18.9 Å². The average Bonchev–Trinajstić information content (AvgIpc) is 3.20. The number of carbonyl (C=O) groups excluding carboxylic acids is 3. The van der Waals surface area contributed by atoms with Crippen LogP contribution in [0.4, 0.5) is 5.69 Å². The number of methoxy groups -OCH3 is 3. The molecule has 0 aromatic heterocycles. The molecule has 1 aliphatic heterocycles. The van der Waals surface area contributed by atoms with E-state index in [1.54, 1.807) is 88.0 Å². The van der Waals surface area contributed by atoms with Crippen LogP contribution >= 0.6 is 0 Å². The predicted octanol–water partition coefficient (Wildman–Crippen LogP) is 4.23. The molecule has 9 heteroatoms. The molecule has 0 spiro atoms. The van der Waals surface area contributed by atoms with Crippen LogP contribution in [0.3, 0.4) is 0 Å². The lowest BCUT2D eigenvalue weighted by Gasteiger charge is -2.24. The summed E-state index contributed by atoms with van der Waals surface area (Å²) in [5.41, 5.74) is 2.71. The molecule has 3 aromatic carbocycles. The van der Waals surface area contributed by atoms with E-state index in [0.29, 0.717) is 22.9 Å². The summed E-state index contributed by atoms with van der Waals surface area (Å²) >= 11 is 0. The molecule has 0 fully saturated rings. The fourth-order valence-corrected chi connectivity index (χ4v) is 4.28. The van der Waals surface area contributed by atoms with Gasteiger partial charge in [-0.1, -0.05) is 24.3 Å². The van der Waals surface area contributed by atoms with Crippen molar-refractivity contribution >= 4 is 29.7 Å². The molecular weight excluding hydrogens is 488 g/mol. The lowest BCUT2D eigenvalue weighted by Crippen LogP contribution is -2.47. The highest BCUT2D eigenvalue weighted by Gasteiger charge is 2.43. The van der Waals surface area contributed by atoms with Gasteiger partial charge in [0.25, 0.3) is 11.8 Å². The molecule has 0 saturated carbocycles. The first-order chi connectivity index (χ1) is 18.4. The zero-order valence-corrected chi connectivity index (χ0v) is 21.6. The molecule has 0 N–H and O–H groups in total. The Hall–Kier alpha value is -4.66. The van der Waals surface area contributed by atoms with Crippen molar-refractivity contribution in [1.82, 2.24) is 4.90 Å². The minimum absolute atomic E-state index is 0.112. The standard InChI is InChI=1S/C29H28N2O7/c1-5-38-29(34)23(31-27(32)21-8-6-7-9-22(21)28(31)33)14-18-10-12-20(13-11-18)30-17-19-15-24(35-2)26(37-4)25(16-19)36-3/h6-13,15-17,23H,5,14H2,1-4H3. The quantitative estimate of drug-likeness (QED) is 0.226. The summed E-state index contributed by atoms with van der Waals surface area (Å²) < 4.78 is 21.3. The fraction of sp³-hybridized carbons (Fsp3) is 0.241. The molecule has 1 aliphatic rings. The van der Waals surface area contributed by atoms with Crippen molar-refractivity contribution in [3.63, 3.8) is 0 Å². The number of fused-ring (bicyclic) bond motifs is 1. The minimum atomic E-state index is -1.09. The molecule has 9 nitrogen and oxygen atoms in total. The minimum Gasteiger partial charge on any atom is -0.493 e. The van der Waals surface area contributed by atoms with Crippen molar-refractivity contribution in [2.75, 3.05) is 27.9 Å². The van der Waals surface area contributed by atoms with Gasteiger partial charge in [-0.25, -0.2) is 4.79 Å². The number of ether oxygens (including phenoxy) is 4. The SMILES string of the molecule is CCOC(=O)C(Cc1ccc(N=Cc2cc(OC)c(OC)c(OC)c2)cc1)N1C(=O)c2ccccc2C1=O. The number of imide groups is 1. The molecule has 0 saturated heterocycles. The van der Waals surface area contributed by atoms with Gasteiger partial charge in [0.15, 0.2) is 11.5 Å². The van der Waals surface area contributed by atoms with E-state index in [0.717, 1.165) is 16.0 Å². The maximum Gasteiger partial charge on any atom is 0.329 e. The van der Waals surface area contributed by atoms with Gasteiger partial charge in [-0.15, -0.1) is 0 Å². The number of rotatable bonds is 10. The number of aliphatic imine (C=N–C) groups is 1. The second-order valence-corrected chi connectivity index (χ2v) is 8.38. The van der Waals surface area contributed by atoms with Crippen molar-refractivity contribution in [3.05, 3.63) is 82.9 Å². The molecule has 0 aliphatic carbocycles. The van der Waals surface area contributed by atoms with Crippen LogP contribution in [0.15, 0.2) is 65.7 Å². The Labute approximate surface area is 220 Å². The lowest BCUT2D eigenvalue weighted by atomic mass is 10.0. The van der Waals surface area contributed by atoms with Gasteiger partial charge in [-0.3, -0.25) is 19.5 Å². The summed E-state index contributed by atoms with van der Waals surface area (Å²) in [6, 6.07) is 16.2. The first kappa shape index (κ1) is 26.4. The third kappa shape index (κ3) is 5.22. The highest BCUT2D eigenvalue weighted by atomic mass is 16.5. The molecule has 1 heterocycles. The zero-order chi connectivity index (χ0) is 27.2. The molecule has 196 valence electrons. The summed E-state index contributed by atoms with van der Waals surface area (Å²) in [6.07, 6.45) is 1.78. The third-order valence-electron chi connectivity index (χ3n) is 6.11. The first-order valence-corrected chi connectivity index (χ1v) is 12.0. The van der Waals surface area contributed by atoms with Crippen molar-refractivity contribution in [2.45, 2.75) is 19.4 Å².